The molecule has 0 aliphatic rings. The molecule has 1 heteroatoms. The van der Waals surface area contributed by atoms with Crippen molar-refractivity contribution in [2.75, 3.05) is 0 Å². The lowest BCUT2D eigenvalue weighted by molar-refractivity contribution is 0.390. The number of hydrogen-bond donors (Lipinski definition) is 1. The Morgan fingerprint density at radius 1 is 0.900 bits per heavy atom. The quantitative estimate of drug-likeness (QED) is 0.575. The third-order valence-corrected chi connectivity index (χ3v) is 3.95. The summed E-state index contributed by atoms with van der Waals surface area (Å²) < 4.78 is 0. The summed E-state index contributed by atoms with van der Waals surface area (Å²) in [5.41, 5.74) is 1.44. The van der Waals surface area contributed by atoms with Gasteiger partial charge in [-0.2, -0.15) is 0 Å². The highest BCUT2D eigenvalue weighted by molar-refractivity contribution is 5.18. The predicted molar refractivity (Wildman–Crippen MR) is 90.0 cm³/mol. The number of nitrogens with one attached hydrogen (secondary N) is 1. The Hall–Kier alpha value is -0.820. The van der Waals surface area contributed by atoms with Crippen molar-refractivity contribution < 1.29 is 0 Å². The Kier molecular flexibility index (Phi) is 8.60. The van der Waals surface area contributed by atoms with Gasteiger partial charge in [-0.15, -0.1) is 0 Å². The van der Waals surface area contributed by atoms with Crippen LogP contribution in [0.5, 0.6) is 0 Å². The molecule has 0 amide bonds. The SMILES string of the molecule is CCCCC(NC(C)CCCC(C)C)c1ccccc1. The molecule has 20 heavy (non-hydrogen) atoms. The number of benzene rings is 1. The molecule has 0 radical (unpaired) electrons. The van der Waals surface area contributed by atoms with E-state index < -0.39 is 0 Å². The summed E-state index contributed by atoms with van der Waals surface area (Å²) in [6.07, 6.45) is 7.78. The third-order valence-electron chi connectivity index (χ3n) is 3.95. The molecule has 0 spiro atoms. The van der Waals surface area contributed by atoms with E-state index in [2.05, 4.69) is 63.3 Å². The molecule has 0 fully saturated rings. The van der Waals surface area contributed by atoms with Gasteiger partial charge in [0.15, 0.2) is 0 Å². The highest BCUT2D eigenvalue weighted by Gasteiger charge is 2.13. The summed E-state index contributed by atoms with van der Waals surface area (Å²) >= 11 is 0. The first-order chi connectivity index (χ1) is 9.63. The van der Waals surface area contributed by atoms with E-state index in [4.69, 9.17) is 0 Å². The van der Waals surface area contributed by atoms with Gasteiger partial charge in [-0.05, 0) is 31.2 Å². The van der Waals surface area contributed by atoms with Crippen LogP contribution < -0.4 is 5.32 Å². The first kappa shape index (κ1) is 17.2. The predicted octanol–water partition coefficient (Wildman–Crippen LogP) is 5.72. The van der Waals surface area contributed by atoms with Crippen LogP contribution in [0.15, 0.2) is 30.3 Å². The van der Waals surface area contributed by atoms with Crippen molar-refractivity contribution in [2.24, 2.45) is 5.92 Å². The molecule has 1 nitrogen and oxygen atoms in total. The van der Waals surface area contributed by atoms with E-state index in [1.807, 2.05) is 0 Å². The molecule has 0 saturated heterocycles. The first-order valence-electron chi connectivity index (χ1n) is 8.44. The van der Waals surface area contributed by atoms with Gasteiger partial charge in [-0.1, -0.05) is 76.8 Å². The van der Waals surface area contributed by atoms with Gasteiger partial charge in [-0.25, -0.2) is 0 Å². The zero-order valence-corrected chi connectivity index (χ0v) is 13.9. The second-order valence-electron chi connectivity index (χ2n) is 6.50. The van der Waals surface area contributed by atoms with Crippen molar-refractivity contribution in [3.8, 4) is 0 Å². The van der Waals surface area contributed by atoms with E-state index >= 15 is 0 Å². The first-order valence-corrected chi connectivity index (χ1v) is 8.44. The standard InChI is InChI=1S/C19H33N/c1-5-6-15-19(18-13-8-7-9-14-18)20-17(4)12-10-11-16(2)3/h7-9,13-14,16-17,19-20H,5-6,10-12,15H2,1-4H3. The van der Waals surface area contributed by atoms with E-state index in [1.165, 1.54) is 44.1 Å². The molecule has 1 N–H and O–H groups in total. The zero-order valence-electron chi connectivity index (χ0n) is 13.9. The summed E-state index contributed by atoms with van der Waals surface area (Å²) in [6.45, 7) is 9.23. The van der Waals surface area contributed by atoms with Crippen molar-refractivity contribution in [2.45, 2.75) is 78.3 Å². The summed E-state index contributed by atoms with van der Waals surface area (Å²) in [5, 5.41) is 3.84. The minimum atomic E-state index is 0.519. The molecule has 0 saturated carbocycles. The van der Waals surface area contributed by atoms with Crippen molar-refractivity contribution in [3.05, 3.63) is 35.9 Å². The lowest BCUT2D eigenvalue weighted by Gasteiger charge is -2.24. The van der Waals surface area contributed by atoms with Crippen molar-refractivity contribution in [1.29, 1.82) is 0 Å². The fraction of sp³-hybridized carbons (Fsp3) is 0.684. The van der Waals surface area contributed by atoms with Gasteiger partial charge in [0.25, 0.3) is 0 Å². The molecular weight excluding hydrogens is 242 g/mol. The number of rotatable bonds is 10. The van der Waals surface area contributed by atoms with Gasteiger partial charge in [0.2, 0.25) is 0 Å². The molecule has 114 valence electrons. The van der Waals surface area contributed by atoms with Gasteiger partial charge in [0.1, 0.15) is 0 Å². The summed E-state index contributed by atoms with van der Waals surface area (Å²) in [6, 6.07) is 12.1. The summed E-state index contributed by atoms with van der Waals surface area (Å²) in [7, 11) is 0. The Morgan fingerprint density at radius 3 is 2.20 bits per heavy atom. The molecule has 0 aromatic heterocycles. The van der Waals surface area contributed by atoms with Crippen LogP contribution in [0.1, 0.15) is 77.8 Å². The maximum absolute atomic E-state index is 3.84. The largest absolute Gasteiger partial charge is 0.307 e. The van der Waals surface area contributed by atoms with E-state index in [0.717, 1.165) is 5.92 Å². The van der Waals surface area contributed by atoms with E-state index in [1.54, 1.807) is 0 Å². The molecule has 0 aliphatic heterocycles. The molecular formula is C19H33N. The second kappa shape index (κ2) is 9.99. The maximum atomic E-state index is 3.84. The van der Waals surface area contributed by atoms with Crippen LogP contribution in [0.3, 0.4) is 0 Å². The maximum Gasteiger partial charge on any atom is 0.0322 e. The minimum absolute atomic E-state index is 0.519. The molecule has 0 heterocycles. The molecule has 2 unspecified atom stereocenters. The molecule has 0 aliphatic carbocycles. The summed E-state index contributed by atoms with van der Waals surface area (Å²) in [4.78, 5) is 0. The smallest absolute Gasteiger partial charge is 0.0322 e. The Morgan fingerprint density at radius 2 is 1.60 bits per heavy atom. The van der Waals surface area contributed by atoms with Crippen molar-refractivity contribution >= 4 is 0 Å². The van der Waals surface area contributed by atoms with Gasteiger partial charge < -0.3 is 5.32 Å². The highest BCUT2D eigenvalue weighted by Crippen LogP contribution is 2.21. The van der Waals surface area contributed by atoms with Gasteiger partial charge in [0, 0.05) is 12.1 Å². The zero-order chi connectivity index (χ0) is 14.8. The molecule has 1 aromatic carbocycles. The lowest BCUT2D eigenvalue weighted by Crippen LogP contribution is -2.30. The Balaban J connectivity index is 2.47. The Labute approximate surface area is 126 Å². The van der Waals surface area contributed by atoms with Crippen LogP contribution in [0.25, 0.3) is 0 Å². The van der Waals surface area contributed by atoms with Crippen LogP contribution >= 0.6 is 0 Å². The van der Waals surface area contributed by atoms with E-state index in [0.29, 0.717) is 12.1 Å². The molecule has 2 atom stereocenters. The topological polar surface area (TPSA) is 12.0 Å². The van der Waals surface area contributed by atoms with Crippen LogP contribution in [0, 0.1) is 5.92 Å². The van der Waals surface area contributed by atoms with Gasteiger partial charge in [-0.3, -0.25) is 0 Å². The fourth-order valence-electron chi connectivity index (χ4n) is 2.70. The summed E-state index contributed by atoms with van der Waals surface area (Å²) in [5.74, 6) is 0.826. The Bertz CT molecular complexity index is 331. The normalized spacial score (nSPS) is 14.4. The van der Waals surface area contributed by atoms with Crippen molar-refractivity contribution in [3.63, 3.8) is 0 Å². The third kappa shape index (κ3) is 7.09. The number of unbranched alkanes of at least 4 members (excludes halogenated alkanes) is 1. The van der Waals surface area contributed by atoms with Gasteiger partial charge in [0.05, 0.1) is 0 Å². The van der Waals surface area contributed by atoms with E-state index in [-0.39, 0.29) is 0 Å². The average molecular weight is 275 g/mol. The van der Waals surface area contributed by atoms with Crippen LogP contribution in [0.4, 0.5) is 0 Å². The monoisotopic (exact) mass is 275 g/mol. The van der Waals surface area contributed by atoms with Crippen LogP contribution in [0.2, 0.25) is 0 Å². The molecule has 0 bridgehead atoms. The average Bonchev–Trinajstić information content (AvgIpc) is 2.44. The highest BCUT2D eigenvalue weighted by atomic mass is 14.9. The fourth-order valence-corrected chi connectivity index (χ4v) is 2.70. The van der Waals surface area contributed by atoms with Crippen molar-refractivity contribution in [1.82, 2.24) is 5.32 Å². The minimum Gasteiger partial charge on any atom is -0.307 e. The van der Waals surface area contributed by atoms with E-state index in [9.17, 15) is 0 Å². The van der Waals surface area contributed by atoms with Crippen LogP contribution in [-0.4, -0.2) is 6.04 Å². The van der Waals surface area contributed by atoms with Crippen LogP contribution in [-0.2, 0) is 0 Å². The number of hydrogen-bond acceptors (Lipinski definition) is 1. The second-order valence-corrected chi connectivity index (χ2v) is 6.50. The molecule has 1 aromatic rings. The molecule has 1 rings (SSSR count). The lowest BCUT2D eigenvalue weighted by atomic mass is 9.98. The van der Waals surface area contributed by atoms with Gasteiger partial charge >= 0.3 is 0 Å².